The zero-order chi connectivity index (χ0) is 32.4. The normalized spacial score (nSPS) is 16.8. The van der Waals surface area contributed by atoms with Crippen molar-refractivity contribution >= 4 is 34.7 Å². The number of H-pyrrole nitrogens is 1. The molecule has 0 aliphatic heterocycles. The number of hydrogen-bond acceptors (Lipinski definition) is 11. The number of non-ortho nitro benzene ring substituents is 4. The van der Waals surface area contributed by atoms with E-state index in [1.165, 1.54) is 18.5 Å². The lowest BCUT2D eigenvalue weighted by Crippen LogP contribution is -2.22. The lowest BCUT2D eigenvalue weighted by Gasteiger charge is -2.14. The van der Waals surface area contributed by atoms with Gasteiger partial charge in [0.05, 0.1) is 43.4 Å². The third kappa shape index (κ3) is 9.34. The maximum atomic E-state index is 10.5. The molecule has 3 atom stereocenters. The van der Waals surface area contributed by atoms with Crippen LogP contribution in [0.2, 0.25) is 0 Å². The molecule has 2 N–H and O–H groups in total. The van der Waals surface area contributed by atoms with Crippen molar-refractivity contribution in [2.24, 2.45) is 11.8 Å². The van der Waals surface area contributed by atoms with E-state index in [-0.39, 0.29) is 0 Å². The maximum absolute atomic E-state index is 10.5. The number of nitro groups is 4. The number of hydrogen-bond donors (Lipinski definition) is 1. The van der Waals surface area contributed by atoms with Gasteiger partial charge in [0.2, 0.25) is 0 Å². The molecular formula is C26H25N5O12. The zero-order valence-corrected chi connectivity index (χ0v) is 22.6. The van der Waals surface area contributed by atoms with Crippen LogP contribution in [0.3, 0.4) is 0 Å². The number of aromatic amines is 1. The van der Waals surface area contributed by atoms with Crippen LogP contribution in [-0.4, -0.2) is 36.7 Å². The Hall–Kier alpha value is -5.87. The number of carboxylic acid groups (broad SMARTS) is 2. The number of nitrogens with zero attached hydrogens (tertiary/aromatic N) is 4. The SMILES string of the molecule is C[C@@H]1CC[C@H](C)C1c1cccc[nH+]1.O=C(O)c1cc([N+](=O)[O-])cc([N+](=O)[O-])c1.O=C([O-])c1cc([N+](=O)[O-])cc([N+](=O)[O-])c1. The second-order valence-electron chi connectivity index (χ2n) is 9.47. The van der Waals surface area contributed by atoms with Crippen LogP contribution in [0.5, 0.6) is 0 Å². The number of carbonyl (C=O) groups excluding carboxylic acids is 1. The molecule has 17 heteroatoms. The van der Waals surface area contributed by atoms with Crippen LogP contribution in [0.15, 0.2) is 60.8 Å². The summed E-state index contributed by atoms with van der Waals surface area (Å²) in [5.74, 6) is -0.730. The third-order valence-electron chi connectivity index (χ3n) is 6.53. The second kappa shape index (κ2) is 14.7. The number of nitro benzene ring substituents is 4. The minimum Gasteiger partial charge on any atom is -0.545 e. The van der Waals surface area contributed by atoms with E-state index in [4.69, 9.17) is 5.11 Å². The Morgan fingerprint density at radius 3 is 1.42 bits per heavy atom. The van der Waals surface area contributed by atoms with E-state index in [0.29, 0.717) is 24.3 Å². The van der Waals surface area contributed by atoms with Crippen LogP contribution < -0.4 is 10.1 Å². The van der Waals surface area contributed by atoms with Gasteiger partial charge in [-0.2, -0.15) is 0 Å². The molecule has 0 amide bonds. The van der Waals surface area contributed by atoms with E-state index in [2.05, 4.69) is 31.0 Å². The van der Waals surface area contributed by atoms with Crippen LogP contribution in [0.4, 0.5) is 22.7 Å². The predicted octanol–water partition coefficient (Wildman–Crippen LogP) is 3.72. The smallest absolute Gasteiger partial charge is 0.336 e. The summed E-state index contributed by atoms with van der Waals surface area (Å²) in [6.45, 7) is 4.74. The number of benzene rings is 2. The molecule has 226 valence electrons. The van der Waals surface area contributed by atoms with Crippen LogP contribution in [0.1, 0.15) is 59.0 Å². The number of carboxylic acids is 2. The molecule has 0 spiro atoms. The highest BCUT2D eigenvalue weighted by atomic mass is 16.6. The molecule has 1 fully saturated rings. The van der Waals surface area contributed by atoms with Gasteiger partial charge >= 0.3 is 5.97 Å². The molecule has 0 bridgehead atoms. The summed E-state index contributed by atoms with van der Waals surface area (Å²) in [6, 6.07) is 10.7. The summed E-state index contributed by atoms with van der Waals surface area (Å²) in [5, 5.41) is 60.3. The summed E-state index contributed by atoms with van der Waals surface area (Å²) in [6.07, 6.45) is 4.80. The summed E-state index contributed by atoms with van der Waals surface area (Å²) in [5.41, 5.74) is -2.25. The number of pyridine rings is 1. The Kier molecular flexibility index (Phi) is 11.4. The van der Waals surface area contributed by atoms with Crippen LogP contribution in [0, 0.1) is 52.3 Å². The van der Waals surface area contributed by atoms with Gasteiger partial charge in [0.15, 0.2) is 11.9 Å². The molecule has 1 heterocycles. The Morgan fingerprint density at radius 2 is 1.12 bits per heavy atom. The molecule has 1 saturated carbocycles. The van der Waals surface area contributed by atoms with Crippen molar-refractivity contribution < 1.29 is 44.5 Å². The van der Waals surface area contributed by atoms with E-state index >= 15 is 0 Å². The van der Waals surface area contributed by atoms with Crippen molar-refractivity contribution in [3.05, 3.63) is 118 Å². The predicted molar refractivity (Wildman–Crippen MR) is 144 cm³/mol. The standard InChI is InChI=1S/C12H17N.2C7H4N2O6/c1-9-6-7-10(2)12(9)11-5-3-4-8-13-11;2*10-7(11)4-1-5(8(12)13)3-6(2-4)9(14)15/h3-5,8-10,12H,6-7H2,1-2H3;2*1-3H,(H,10,11)/t9-,10+,12?;;. The Balaban J connectivity index is 0.000000226. The Morgan fingerprint density at radius 1 is 0.721 bits per heavy atom. The van der Waals surface area contributed by atoms with Crippen LogP contribution in [-0.2, 0) is 0 Å². The van der Waals surface area contributed by atoms with Crippen molar-refractivity contribution in [3.63, 3.8) is 0 Å². The molecule has 1 unspecified atom stereocenters. The lowest BCUT2D eigenvalue weighted by atomic mass is 9.88. The third-order valence-corrected chi connectivity index (χ3v) is 6.53. The summed E-state index contributed by atoms with van der Waals surface area (Å²) in [7, 11) is 0. The average molecular weight is 600 g/mol. The van der Waals surface area contributed by atoms with E-state index in [9.17, 15) is 55.2 Å². The molecule has 4 rings (SSSR count). The molecule has 1 aliphatic rings. The first kappa shape index (κ1) is 33.3. The minimum atomic E-state index is -1.71. The van der Waals surface area contributed by atoms with Gasteiger partial charge in [-0.25, -0.2) is 9.78 Å². The maximum Gasteiger partial charge on any atom is 0.336 e. The molecule has 0 radical (unpaired) electrons. The number of nitrogens with one attached hydrogen (secondary N) is 1. The monoisotopic (exact) mass is 599 g/mol. The van der Waals surface area contributed by atoms with Crippen LogP contribution >= 0.6 is 0 Å². The van der Waals surface area contributed by atoms with E-state index in [0.717, 1.165) is 29.9 Å². The van der Waals surface area contributed by atoms with Crippen molar-refractivity contribution in [3.8, 4) is 0 Å². The van der Waals surface area contributed by atoms with E-state index in [1.54, 1.807) is 0 Å². The molecule has 1 aliphatic carbocycles. The molecule has 0 saturated heterocycles. The molecule has 3 aromatic rings. The van der Waals surface area contributed by atoms with Gasteiger partial charge in [-0.3, -0.25) is 40.5 Å². The topological polar surface area (TPSA) is 264 Å². The minimum absolute atomic E-state index is 0.490. The summed E-state index contributed by atoms with van der Waals surface area (Å²) >= 11 is 0. The zero-order valence-electron chi connectivity index (χ0n) is 22.6. The highest BCUT2D eigenvalue weighted by Gasteiger charge is 2.35. The van der Waals surface area contributed by atoms with E-state index < -0.39 is 65.5 Å². The quantitative estimate of drug-likeness (QED) is 0.301. The molecule has 17 nitrogen and oxygen atoms in total. The summed E-state index contributed by atoms with van der Waals surface area (Å²) in [4.78, 5) is 62.0. The van der Waals surface area contributed by atoms with Gasteiger partial charge in [-0.15, -0.1) is 0 Å². The van der Waals surface area contributed by atoms with Gasteiger partial charge in [0.25, 0.3) is 22.7 Å². The highest BCUT2D eigenvalue weighted by molar-refractivity contribution is 5.89. The largest absolute Gasteiger partial charge is 0.545 e. The lowest BCUT2D eigenvalue weighted by molar-refractivity contribution is -0.394. The number of aromatic nitrogens is 1. The fourth-order valence-electron chi connectivity index (χ4n) is 4.53. The van der Waals surface area contributed by atoms with Crippen LogP contribution in [0.25, 0.3) is 0 Å². The van der Waals surface area contributed by atoms with Gasteiger partial charge in [0, 0.05) is 47.9 Å². The first-order valence-electron chi connectivity index (χ1n) is 12.4. The number of carbonyl (C=O) groups is 2. The molecular weight excluding hydrogens is 574 g/mol. The Labute approximate surface area is 242 Å². The van der Waals surface area contributed by atoms with Gasteiger partial charge in [-0.1, -0.05) is 19.9 Å². The fourth-order valence-corrected chi connectivity index (χ4v) is 4.53. The van der Waals surface area contributed by atoms with Gasteiger partial charge < -0.3 is 15.0 Å². The molecule has 43 heavy (non-hydrogen) atoms. The highest BCUT2D eigenvalue weighted by Crippen LogP contribution is 2.42. The molecule has 2 aromatic carbocycles. The van der Waals surface area contributed by atoms with Crippen molar-refractivity contribution in [2.45, 2.75) is 32.6 Å². The molecule has 1 aromatic heterocycles. The summed E-state index contributed by atoms with van der Waals surface area (Å²) < 4.78 is 0. The second-order valence-corrected chi connectivity index (χ2v) is 9.47. The fraction of sp³-hybridized carbons (Fsp3) is 0.269. The first-order chi connectivity index (χ1) is 20.1. The average Bonchev–Trinajstić information content (AvgIpc) is 3.30. The van der Waals surface area contributed by atoms with Crippen molar-refractivity contribution in [2.75, 3.05) is 0 Å². The van der Waals surface area contributed by atoms with E-state index in [1.807, 2.05) is 12.3 Å². The first-order valence-corrected chi connectivity index (χ1v) is 12.4. The van der Waals surface area contributed by atoms with Crippen molar-refractivity contribution in [1.82, 2.24) is 0 Å². The number of rotatable bonds is 7. The number of aromatic carboxylic acids is 2. The Bertz CT molecular complexity index is 1290. The van der Waals surface area contributed by atoms with Gasteiger partial charge in [0.1, 0.15) is 0 Å². The van der Waals surface area contributed by atoms with Crippen molar-refractivity contribution in [1.29, 1.82) is 0 Å². The van der Waals surface area contributed by atoms with Gasteiger partial charge in [-0.05, 0) is 24.7 Å².